The summed E-state index contributed by atoms with van der Waals surface area (Å²) in [5, 5.41) is 10.3. The van der Waals surface area contributed by atoms with E-state index in [0.29, 0.717) is 23.7 Å². The molecule has 5 heterocycles. The molecule has 2 saturated carbocycles. The summed E-state index contributed by atoms with van der Waals surface area (Å²) in [7, 11) is -4.10. The number of rotatable bonds is 15. The molecule has 2 N–H and O–H groups in total. The first kappa shape index (κ1) is 51.7. The third kappa shape index (κ3) is 9.82. The summed E-state index contributed by atoms with van der Waals surface area (Å²) in [6.45, 7) is 0.0303. The predicted octanol–water partition coefficient (Wildman–Crippen LogP) is 9.32. The normalized spacial score (nSPS) is 22.1. The van der Waals surface area contributed by atoms with Crippen molar-refractivity contribution in [1.29, 1.82) is 0 Å². The van der Waals surface area contributed by atoms with Crippen molar-refractivity contribution >= 4 is 55.3 Å². The van der Waals surface area contributed by atoms with Gasteiger partial charge in [-0.25, -0.2) is 53.5 Å². The molecule has 4 aromatic heterocycles. The highest BCUT2D eigenvalue weighted by Crippen LogP contribution is 2.68. The van der Waals surface area contributed by atoms with Gasteiger partial charge in [-0.3, -0.25) is 33.1 Å². The lowest BCUT2D eigenvalue weighted by Gasteiger charge is -2.33. The fourth-order valence-corrected chi connectivity index (χ4v) is 11.9. The van der Waals surface area contributed by atoms with E-state index in [9.17, 15) is 43.9 Å². The van der Waals surface area contributed by atoms with Crippen LogP contribution in [-0.4, -0.2) is 91.3 Å². The van der Waals surface area contributed by atoms with Gasteiger partial charge in [0.05, 0.1) is 45.8 Å². The molecule has 396 valence electrons. The molecule has 1 unspecified atom stereocenters. The highest BCUT2D eigenvalue weighted by Gasteiger charge is 2.67. The topological polar surface area (TPSA) is 162 Å². The van der Waals surface area contributed by atoms with Gasteiger partial charge in [0.1, 0.15) is 48.2 Å². The Labute approximate surface area is 420 Å². The van der Waals surface area contributed by atoms with Crippen LogP contribution in [0.1, 0.15) is 109 Å². The van der Waals surface area contributed by atoms with E-state index >= 15 is 18.0 Å². The van der Waals surface area contributed by atoms with Crippen molar-refractivity contribution in [3.8, 4) is 5.69 Å². The lowest BCUT2D eigenvalue weighted by atomic mass is 9.84. The molecular weight excluding hydrogens is 1040 g/mol. The summed E-state index contributed by atoms with van der Waals surface area (Å²) in [4.78, 5) is 41.2. The zero-order chi connectivity index (χ0) is 52.9. The second-order valence-electron chi connectivity index (χ2n) is 20.0. The molecular formula is C48H47ClF10N10O4S. The van der Waals surface area contributed by atoms with Crippen LogP contribution in [-0.2, 0) is 46.9 Å². The molecule has 26 heteroatoms. The van der Waals surface area contributed by atoms with Crippen molar-refractivity contribution in [2.24, 2.45) is 11.8 Å². The van der Waals surface area contributed by atoms with E-state index in [4.69, 9.17) is 16.6 Å². The number of fused-ring (bicyclic) bond motifs is 5. The van der Waals surface area contributed by atoms with Crippen LogP contribution in [0.25, 0.3) is 27.6 Å². The molecule has 4 aliphatic rings. The SMILES string of the molecule is C[C@@H]1C[C@H](F)CN(CCn2nc(NS(C)(=O)=O)c3c(Cl)ccc(-n4c([C@H](Cc5cc(F)cc(F)c5)NC(=O)Cn5nc(C(F)F)c6c5C(F)(F)[C@@H]5CC65)nc5nc(C6CCC(F)(F)CC6)cc(CF)c5c4=O)c32)C1. The Balaban J connectivity index is 1.19. The number of pyridine rings is 1. The van der Waals surface area contributed by atoms with Crippen LogP contribution >= 0.6 is 11.6 Å². The Hall–Kier alpha value is -5.82. The van der Waals surface area contributed by atoms with Gasteiger partial charge in [-0.2, -0.15) is 19.0 Å². The molecule has 14 nitrogen and oxygen atoms in total. The highest BCUT2D eigenvalue weighted by atomic mass is 35.5. The van der Waals surface area contributed by atoms with Crippen molar-refractivity contribution in [2.45, 2.75) is 114 Å². The number of nitrogens with zero attached hydrogens (tertiary/aromatic N) is 8. The molecule has 6 aromatic rings. The molecule has 1 amide bonds. The van der Waals surface area contributed by atoms with Gasteiger partial charge in [0.25, 0.3) is 17.9 Å². The molecule has 1 aliphatic heterocycles. The number of hydrogen-bond acceptors (Lipinski definition) is 9. The third-order valence-electron chi connectivity index (χ3n) is 14.4. The van der Waals surface area contributed by atoms with Crippen LogP contribution in [0.5, 0.6) is 0 Å². The summed E-state index contributed by atoms with van der Waals surface area (Å²) < 4.78 is 180. The van der Waals surface area contributed by atoms with E-state index in [2.05, 4.69) is 25.2 Å². The molecule has 0 bridgehead atoms. The molecule has 2 aromatic carbocycles. The Kier molecular flexibility index (Phi) is 13.3. The average molecular weight is 1090 g/mol. The number of carbonyl (C=O) groups is 1. The molecule has 10 rings (SSSR count). The molecule has 5 atom stereocenters. The number of amides is 1. The molecule has 0 spiro atoms. The number of aromatic nitrogens is 7. The van der Waals surface area contributed by atoms with Gasteiger partial charge in [-0.15, -0.1) is 0 Å². The van der Waals surface area contributed by atoms with Crippen molar-refractivity contribution in [3.05, 3.63) is 103 Å². The standard InChI is InChI=1S/C48H47ClF10N10O4S/c1-22-11-28(53)20-66(19-22)9-10-67-40-34(4-3-31(49)38(40)44(64-67)65-74(2,72)73)69-45(62-43-36(46(69)71)25(18-50)15-32(61-43)24-5-7-47(56,57)8-6-24)33(14-23-12-26(51)16-27(52)13-23)60-35(70)21-68-41-37(39(63-68)42(54)55)29-17-30(29)48(41,58)59/h3-4,12-13,15-16,22,24,28-30,33,42H,5-11,14,17-21H2,1-2H3,(H,60,70)(H,64,65)/t22-,28+,29?,30-,33+/m1/s1. The molecule has 1 saturated heterocycles. The monoisotopic (exact) mass is 1080 g/mol. The van der Waals surface area contributed by atoms with E-state index in [1.54, 1.807) is 0 Å². The summed E-state index contributed by atoms with van der Waals surface area (Å²) >= 11 is 6.83. The Morgan fingerprint density at radius 1 is 0.946 bits per heavy atom. The van der Waals surface area contributed by atoms with Crippen molar-refractivity contribution in [3.63, 3.8) is 0 Å². The number of halogens is 11. The quantitative estimate of drug-likeness (QED) is 0.0955. The predicted molar refractivity (Wildman–Crippen MR) is 251 cm³/mol. The zero-order valence-electron chi connectivity index (χ0n) is 39.5. The van der Waals surface area contributed by atoms with E-state index in [1.807, 2.05) is 11.8 Å². The number of benzene rings is 2. The zero-order valence-corrected chi connectivity index (χ0v) is 41.0. The number of alkyl halides is 8. The Morgan fingerprint density at radius 3 is 2.32 bits per heavy atom. The third-order valence-corrected chi connectivity index (χ3v) is 15.3. The smallest absolute Gasteiger partial charge is 0.293 e. The number of nitrogens with one attached hydrogen (secondary N) is 2. The molecule has 3 aliphatic carbocycles. The maximum atomic E-state index is 15.7. The first-order valence-corrected chi connectivity index (χ1v) is 26.1. The van der Waals surface area contributed by atoms with E-state index in [1.165, 1.54) is 22.9 Å². The van der Waals surface area contributed by atoms with Crippen LogP contribution in [0, 0.1) is 23.5 Å². The van der Waals surface area contributed by atoms with Gasteiger partial charge in [0.2, 0.25) is 21.9 Å². The van der Waals surface area contributed by atoms with Crippen LogP contribution < -0.4 is 15.6 Å². The lowest BCUT2D eigenvalue weighted by molar-refractivity contribution is -0.123. The first-order valence-electron chi connectivity index (χ1n) is 23.8. The molecule has 74 heavy (non-hydrogen) atoms. The summed E-state index contributed by atoms with van der Waals surface area (Å²) in [5.41, 5.74) is -4.26. The highest BCUT2D eigenvalue weighted by molar-refractivity contribution is 7.92. The van der Waals surface area contributed by atoms with E-state index in [0.717, 1.165) is 23.0 Å². The van der Waals surface area contributed by atoms with Gasteiger partial charge in [-0.05, 0) is 73.4 Å². The van der Waals surface area contributed by atoms with Crippen LogP contribution in [0.3, 0.4) is 0 Å². The van der Waals surface area contributed by atoms with Gasteiger partial charge in [-0.1, -0.05) is 18.5 Å². The van der Waals surface area contributed by atoms with Gasteiger partial charge < -0.3 is 5.32 Å². The lowest BCUT2D eigenvalue weighted by Crippen LogP contribution is -2.42. The minimum atomic E-state index is -4.10. The fourth-order valence-electron chi connectivity index (χ4n) is 11.2. The maximum Gasteiger partial charge on any atom is 0.293 e. The van der Waals surface area contributed by atoms with Crippen LogP contribution in [0.2, 0.25) is 5.02 Å². The number of carbonyl (C=O) groups excluding carboxylic acids is 1. The average Bonchev–Trinajstić information content (AvgIpc) is 3.82. The van der Waals surface area contributed by atoms with Gasteiger partial charge in [0, 0.05) is 73.6 Å². The van der Waals surface area contributed by atoms with Gasteiger partial charge >= 0.3 is 0 Å². The largest absolute Gasteiger partial charge is 0.344 e. The number of hydrogen-bond donors (Lipinski definition) is 2. The number of likely N-dealkylation sites (tertiary alicyclic amines) is 1. The summed E-state index contributed by atoms with van der Waals surface area (Å²) in [5.74, 6) is -13.6. The van der Waals surface area contributed by atoms with E-state index in [-0.39, 0.29) is 94.6 Å². The second kappa shape index (κ2) is 19.1. The summed E-state index contributed by atoms with van der Waals surface area (Å²) in [6.07, 6.45) is -5.17. The van der Waals surface area contributed by atoms with E-state index < -0.39 is 142 Å². The first-order chi connectivity index (χ1) is 34.9. The van der Waals surface area contributed by atoms with Crippen molar-refractivity contribution in [1.82, 2.24) is 44.3 Å². The number of piperidine rings is 1. The van der Waals surface area contributed by atoms with Crippen LogP contribution in [0.15, 0.2) is 41.2 Å². The van der Waals surface area contributed by atoms with Crippen molar-refractivity contribution < 1.29 is 57.1 Å². The molecule has 3 fully saturated rings. The number of sulfonamides is 1. The maximum absolute atomic E-state index is 15.7. The Morgan fingerprint density at radius 2 is 1.66 bits per heavy atom. The minimum absolute atomic E-state index is 0.0374. The Bertz CT molecular complexity index is 3370. The fraction of sp³-hybridized carbons (Fsp3) is 0.500. The number of anilines is 1. The van der Waals surface area contributed by atoms with Gasteiger partial charge in [0.15, 0.2) is 11.5 Å². The van der Waals surface area contributed by atoms with Crippen molar-refractivity contribution in [2.75, 3.05) is 30.6 Å². The van der Waals surface area contributed by atoms with Crippen LogP contribution in [0.4, 0.5) is 49.7 Å². The summed E-state index contributed by atoms with van der Waals surface area (Å²) in [6, 6.07) is 4.43. The second-order valence-corrected chi connectivity index (χ2v) is 22.1. The molecule has 0 radical (unpaired) electrons. The minimum Gasteiger partial charge on any atom is -0.344 e.